The SMILES string of the molecule is Cc1nc2ccccc2c(=O)n1-c1ccc(C(=O)N2CCN(C)c3ccccc3C2)cc1. The third-order valence-electron chi connectivity index (χ3n) is 6.07. The Morgan fingerprint density at radius 1 is 0.906 bits per heavy atom. The van der Waals surface area contributed by atoms with Gasteiger partial charge < -0.3 is 9.80 Å². The number of fused-ring (bicyclic) bond motifs is 2. The van der Waals surface area contributed by atoms with E-state index in [0.29, 0.717) is 41.1 Å². The molecule has 0 spiro atoms. The summed E-state index contributed by atoms with van der Waals surface area (Å²) in [6, 6.07) is 22.7. The van der Waals surface area contributed by atoms with Crippen molar-refractivity contribution < 1.29 is 4.79 Å². The molecule has 1 amide bonds. The first-order valence-electron chi connectivity index (χ1n) is 10.7. The van der Waals surface area contributed by atoms with E-state index in [4.69, 9.17) is 0 Å². The Bertz CT molecular complexity index is 1370. The van der Waals surface area contributed by atoms with Gasteiger partial charge in [-0.1, -0.05) is 30.3 Å². The van der Waals surface area contributed by atoms with Crippen LogP contribution >= 0.6 is 0 Å². The van der Waals surface area contributed by atoms with Gasteiger partial charge in [0.2, 0.25) is 0 Å². The van der Waals surface area contributed by atoms with Gasteiger partial charge in [-0.05, 0) is 55.0 Å². The molecular weight excluding hydrogens is 400 g/mol. The second kappa shape index (κ2) is 7.96. The van der Waals surface area contributed by atoms with E-state index in [-0.39, 0.29) is 11.5 Å². The van der Waals surface area contributed by atoms with Crippen LogP contribution in [0.3, 0.4) is 0 Å². The van der Waals surface area contributed by atoms with Gasteiger partial charge in [-0.25, -0.2) is 4.98 Å². The van der Waals surface area contributed by atoms with Crippen LogP contribution in [0.2, 0.25) is 0 Å². The molecule has 2 heterocycles. The lowest BCUT2D eigenvalue weighted by molar-refractivity contribution is 0.0752. The molecule has 0 aliphatic carbocycles. The normalized spacial score (nSPS) is 13.7. The van der Waals surface area contributed by atoms with Crippen LogP contribution in [0.15, 0.2) is 77.6 Å². The monoisotopic (exact) mass is 424 g/mol. The van der Waals surface area contributed by atoms with Crippen molar-refractivity contribution in [1.29, 1.82) is 0 Å². The number of likely N-dealkylation sites (N-methyl/N-ethyl adjacent to an activating group) is 1. The Morgan fingerprint density at radius 3 is 2.44 bits per heavy atom. The number of hydrogen-bond acceptors (Lipinski definition) is 4. The Morgan fingerprint density at radius 2 is 1.62 bits per heavy atom. The van der Waals surface area contributed by atoms with Gasteiger partial charge in [0, 0.05) is 37.9 Å². The van der Waals surface area contributed by atoms with Crippen molar-refractivity contribution in [2.75, 3.05) is 25.0 Å². The lowest BCUT2D eigenvalue weighted by Crippen LogP contribution is -2.34. The van der Waals surface area contributed by atoms with Gasteiger partial charge >= 0.3 is 0 Å². The van der Waals surface area contributed by atoms with E-state index in [1.807, 2.05) is 54.3 Å². The number of amides is 1. The minimum absolute atomic E-state index is 0.0117. The zero-order chi connectivity index (χ0) is 22.2. The molecule has 0 saturated heterocycles. The first kappa shape index (κ1) is 20.0. The molecule has 6 heteroatoms. The third kappa shape index (κ3) is 3.43. The number of aromatic nitrogens is 2. The van der Waals surface area contributed by atoms with E-state index >= 15 is 0 Å². The molecule has 1 aliphatic rings. The Balaban J connectivity index is 1.45. The fourth-order valence-electron chi connectivity index (χ4n) is 4.35. The molecule has 5 rings (SSSR count). The summed E-state index contributed by atoms with van der Waals surface area (Å²) >= 11 is 0. The Labute approximate surface area is 186 Å². The third-order valence-corrected chi connectivity index (χ3v) is 6.07. The average molecular weight is 425 g/mol. The molecule has 3 aromatic carbocycles. The minimum Gasteiger partial charge on any atom is -0.373 e. The lowest BCUT2D eigenvalue weighted by atomic mass is 10.1. The molecule has 32 heavy (non-hydrogen) atoms. The highest BCUT2D eigenvalue weighted by atomic mass is 16.2. The number of anilines is 1. The number of hydrogen-bond donors (Lipinski definition) is 0. The van der Waals surface area contributed by atoms with Crippen LogP contribution in [0.1, 0.15) is 21.7 Å². The predicted molar refractivity (Wildman–Crippen MR) is 127 cm³/mol. The fraction of sp³-hybridized carbons (Fsp3) is 0.192. The molecule has 1 aromatic heterocycles. The average Bonchev–Trinajstić information content (AvgIpc) is 2.98. The van der Waals surface area contributed by atoms with Crippen LogP contribution in [0.5, 0.6) is 0 Å². The van der Waals surface area contributed by atoms with Gasteiger partial charge in [0.15, 0.2) is 0 Å². The molecule has 0 atom stereocenters. The fourth-order valence-corrected chi connectivity index (χ4v) is 4.35. The first-order chi connectivity index (χ1) is 15.5. The van der Waals surface area contributed by atoms with E-state index in [0.717, 1.165) is 17.8 Å². The number of nitrogens with zero attached hydrogens (tertiary/aromatic N) is 4. The Hall–Kier alpha value is -3.93. The summed E-state index contributed by atoms with van der Waals surface area (Å²) < 4.78 is 1.59. The standard InChI is InChI=1S/C26H24N4O2/c1-18-27-23-9-5-4-8-22(23)26(32)30(18)21-13-11-19(12-14-21)25(31)29-16-15-28(2)24-10-6-3-7-20(24)17-29/h3-14H,15-17H2,1-2H3. The zero-order valence-electron chi connectivity index (χ0n) is 18.2. The summed E-state index contributed by atoms with van der Waals surface area (Å²) in [5.74, 6) is 0.599. The van der Waals surface area contributed by atoms with Crippen LogP contribution in [0.25, 0.3) is 16.6 Å². The largest absolute Gasteiger partial charge is 0.373 e. The molecule has 4 aromatic rings. The van der Waals surface area contributed by atoms with Gasteiger partial charge in [0.25, 0.3) is 11.5 Å². The van der Waals surface area contributed by atoms with Gasteiger partial charge in [0.05, 0.1) is 16.6 Å². The highest BCUT2D eigenvalue weighted by molar-refractivity contribution is 5.94. The minimum atomic E-state index is -0.112. The number of carbonyl (C=O) groups is 1. The summed E-state index contributed by atoms with van der Waals surface area (Å²) in [7, 11) is 2.05. The van der Waals surface area contributed by atoms with Gasteiger partial charge in [-0.15, -0.1) is 0 Å². The topological polar surface area (TPSA) is 58.4 Å². The molecule has 6 nitrogen and oxygen atoms in total. The van der Waals surface area contributed by atoms with E-state index < -0.39 is 0 Å². The summed E-state index contributed by atoms with van der Waals surface area (Å²) in [5.41, 5.74) is 4.18. The summed E-state index contributed by atoms with van der Waals surface area (Å²) in [6.45, 7) is 3.82. The summed E-state index contributed by atoms with van der Waals surface area (Å²) in [6.07, 6.45) is 0. The van der Waals surface area contributed by atoms with Crippen molar-refractivity contribution >= 4 is 22.5 Å². The summed E-state index contributed by atoms with van der Waals surface area (Å²) in [5, 5.41) is 0.575. The maximum atomic E-state index is 13.3. The van der Waals surface area contributed by atoms with E-state index in [1.54, 1.807) is 22.8 Å². The maximum absolute atomic E-state index is 13.3. The van der Waals surface area contributed by atoms with Gasteiger partial charge in [-0.3, -0.25) is 14.2 Å². The predicted octanol–water partition coefficient (Wildman–Crippen LogP) is 3.79. The van der Waals surface area contributed by atoms with Crippen LogP contribution in [0.4, 0.5) is 5.69 Å². The van der Waals surface area contributed by atoms with Crippen molar-refractivity contribution in [3.63, 3.8) is 0 Å². The second-order valence-corrected chi connectivity index (χ2v) is 8.14. The second-order valence-electron chi connectivity index (χ2n) is 8.14. The first-order valence-corrected chi connectivity index (χ1v) is 10.7. The number of aryl methyl sites for hydroxylation is 1. The molecule has 0 saturated carbocycles. The van der Waals surface area contributed by atoms with Gasteiger partial charge in [-0.2, -0.15) is 0 Å². The smallest absolute Gasteiger partial charge is 0.265 e. The number of rotatable bonds is 2. The molecular formula is C26H24N4O2. The van der Waals surface area contributed by atoms with Gasteiger partial charge in [0.1, 0.15) is 5.82 Å². The van der Waals surface area contributed by atoms with Crippen LogP contribution in [-0.2, 0) is 6.54 Å². The van der Waals surface area contributed by atoms with E-state index in [1.165, 1.54) is 0 Å². The highest BCUT2D eigenvalue weighted by Gasteiger charge is 2.22. The lowest BCUT2D eigenvalue weighted by Gasteiger charge is -2.21. The molecule has 0 fully saturated rings. The van der Waals surface area contributed by atoms with Crippen molar-refractivity contribution in [1.82, 2.24) is 14.5 Å². The van der Waals surface area contributed by atoms with Crippen molar-refractivity contribution in [2.24, 2.45) is 0 Å². The van der Waals surface area contributed by atoms with Crippen molar-refractivity contribution in [3.05, 3.63) is 100 Å². The molecule has 0 N–H and O–H groups in total. The molecule has 0 unspecified atom stereocenters. The van der Waals surface area contributed by atoms with Crippen molar-refractivity contribution in [2.45, 2.75) is 13.5 Å². The maximum Gasteiger partial charge on any atom is 0.265 e. The number of carbonyl (C=O) groups excluding carboxylic acids is 1. The van der Waals surface area contributed by atoms with E-state index in [9.17, 15) is 9.59 Å². The molecule has 160 valence electrons. The number of benzene rings is 3. The van der Waals surface area contributed by atoms with Crippen molar-refractivity contribution in [3.8, 4) is 5.69 Å². The Kier molecular flexibility index (Phi) is 4.98. The van der Waals surface area contributed by atoms with Crippen LogP contribution < -0.4 is 10.5 Å². The highest BCUT2D eigenvalue weighted by Crippen LogP contribution is 2.24. The quantitative estimate of drug-likeness (QED) is 0.491. The summed E-state index contributed by atoms with van der Waals surface area (Å²) in [4.78, 5) is 34.9. The van der Waals surface area contributed by atoms with Crippen LogP contribution in [0, 0.1) is 6.92 Å². The molecule has 0 bridgehead atoms. The zero-order valence-corrected chi connectivity index (χ0v) is 18.2. The molecule has 0 radical (unpaired) electrons. The van der Waals surface area contributed by atoms with E-state index in [2.05, 4.69) is 29.1 Å². The molecule has 1 aliphatic heterocycles. The van der Waals surface area contributed by atoms with Crippen LogP contribution in [-0.4, -0.2) is 40.5 Å². The number of para-hydroxylation sites is 2.